The number of halogens is 1. The third kappa shape index (κ3) is 2.99. The molecule has 3 nitrogen and oxygen atoms in total. The standard InChI is InChI=1S/C13H14ClNO2S2/c1-4-17-12(16)13(2,3)9-7-18-11(15-9)8-5-6-10(14)19-8/h5-7H,4H2,1-3H3. The van der Waals surface area contributed by atoms with Crippen molar-refractivity contribution in [2.24, 2.45) is 0 Å². The minimum absolute atomic E-state index is 0.254. The van der Waals surface area contributed by atoms with Gasteiger partial charge in [-0.1, -0.05) is 11.6 Å². The highest BCUT2D eigenvalue weighted by Gasteiger charge is 2.34. The minimum Gasteiger partial charge on any atom is -0.465 e. The van der Waals surface area contributed by atoms with Gasteiger partial charge < -0.3 is 4.74 Å². The number of ether oxygens (including phenoxy) is 1. The molecule has 0 amide bonds. The average molecular weight is 316 g/mol. The predicted molar refractivity (Wildman–Crippen MR) is 80.1 cm³/mol. The first-order valence-electron chi connectivity index (χ1n) is 5.84. The molecule has 2 heterocycles. The molecule has 0 aliphatic heterocycles. The second kappa shape index (κ2) is 5.61. The van der Waals surface area contributed by atoms with E-state index in [9.17, 15) is 4.79 Å². The van der Waals surface area contributed by atoms with Crippen LogP contribution in [0.3, 0.4) is 0 Å². The van der Waals surface area contributed by atoms with Crippen molar-refractivity contribution in [3.8, 4) is 9.88 Å². The Hall–Kier alpha value is -0.910. The molecule has 0 radical (unpaired) electrons. The summed E-state index contributed by atoms with van der Waals surface area (Å²) >= 11 is 8.91. The van der Waals surface area contributed by atoms with Crippen LogP contribution in [0.15, 0.2) is 17.5 Å². The summed E-state index contributed by atoms with van der Waals surface area (Å²) < 4.78 is 5.82. The predicted octanol–water partition coefficient (Wildman–Crippen LogP) is 4.37. The molecule has 0 N–H and O–H groups in total. The molecule has 0 saturated heterocycles. The van der Waals surface area contributed by atoms with Crippen molar-refractivity contribution in [1.29, 1.82) is 0 Å². The van der Waals surface area contributed by atoms with Gasteiger partial charge in [0.05, 0.1) is 21.5 Å². The monoisotopic (exact) mass is 315 g/mol. The van der Waals surface area contributed by atoms with Crippen LogP contribution in [0.4, 0.5) is 0 Å². The van der Waals surface area contributed by atoms with Crippen molar-refractivity contribution >= 4 is 40.2 Å². The Kier molecular flexibility index (Phi) is 4.28. The van der Waals surface area contributed by atoms with Crippen LogP contribution in [0, 0.1) is 0 Å². The highest BCUT2D eigenvalue weighted by molar-refractivity contribution is 7.23. The van der Waals surface area contributed by atoms with Crippen LogP contribution in [0.5, 0.6) is 0 Å². The maximum atomic E-state index is 11.9. The van der Waals surface area contributed by atoms with Gasteiger partial charge >= 0.3 is 5.97 Å². The van der Waals surface area contributed by atoms with E-state index in [1.165, 1.54) is 22.7 Å². The number of nitrogens with zero attached hydrogens (tertiary/aromatic N) is 1. The first-order chi connectivity index (χ1) is 8.95. The first-order valence-corrected chi connectivity index (χ1v) is 7.91. The van der Waals surface area contributed by atoms with Crippen LogP contribution >= 0.6 is 34.3 Å². The molecule has 0 fully saturated rings. The SMILES string of the molecule is CCOC(=O)C(C)(C)c1csc(-c2ccc(Cl)s2)n1. The van der Waals surface area contributed by atoms with E-state index in [1.54, 1.807) is 6.92 Å². The summed E-state index contributed by atoms with van der Waals surface area (Å²) in [5.41, 5.74) is 0.00158. The van der Waals surface area contributed by atoms with E-state index >= 15 is 0 Å². The zero-order chi connectivity index (χ0) is 14.0. The highest BCUT2D eigenvalue weighted by Crippen LogP contribution is 2.35. The third-order valence-corrected chi connectivity index (χ3v) is 4.96. The smallest absolute Gasteiger partial charge is 0.317 e. The number of aromatic nitrogens is 1. The fourth-order valence-electron chi connectivity index (χ4n) is 1.52. The normalized spacial score (nSPS) is 11.6. The second-order valence-corrected chi connectivity index (χ2v) is 7.06. The van der Waals surface area contributed by atoms with Crippen molar-refractivity contribution in [3.05, 3.63) is 27.5 Å². The van der Waals surface area contributed by atoms with E-state index in [0.717, 1.165) is 19.9 Å². The summed E-state index contributed by atoms with van der Waals surface area (Å²) in [7, 11) is 0. The van der Waals surface area contributed by atoms with Crippen molar-refractivity contribution in [1.82, 2.24) is 4.98 Å². The number of carbonyl (C=O) groups is 1. The van der Waals surface area contributed by atoms with E-state index in [0.29, 0.717) is 6.61 Å². The molecule has 0 atom stereocenters. The Balaban J connectivity index is 2.28. The zero-order valence-corrected chi connectivity index (χ0v) is 13.3. The van der Waals surface area contributed by atoms with Crippen LogP contribution < -0.4 is 0 Å². The lowest BCUT2D eigenvalue weighted by molar-refractivity contribution is -0.148. The Morgan fingerprint density at radius 1 is 1.47 bits per heavy atom. The lowest BCUT2D eigenvalue weighted by Crippen LogP contribution is -2.31. The molecule has 0 saturated carbocycles. The largest absolute Gasteiger partial charge is 0.465 e. The van der Waals surface area contributed by atoms with Crippen molar-refractivity contribution < 1.29 is 9.53 Å². The quantitative estimate of drug-likeness (QED) is 0.787. The van der Waals surface area contributed by atoms with Gasteiger partial charge in [0.2, 0.25) is 0 Å². The van der Waals surface area contributed by atoms with Gasteiger partial charge in [-0.15, -0.1) is 22.7 Å². The third-order valence-electron chi connectivity index (χ3n) is 2.71. The van der Waals surface area contributed by atoms with E-state index in [4.69, 9.17) is 16.3 Å². The summed E-state index contributed by atoms with van der Waals surface area (Å²) in [6.07, 6.45) is 0. The van der Waals surface area contributed by atoms with Gasteiger partial charge in [-0.2, -0.15) is 0 Å². The molecule has 6 heteroatoms. The lowest BCUT2D eigenvalue weighted by atomic mass is 9.90. The number of thiazole rings is 1. The van der Waals surface area contributed by atoms with E-state index < -0.39 is 5.41 Å². The molecule has 2 rings (SSSR count). The van der Waals surface area contributed by atoms with Gasteiger partial charge in [0.25, 0.3) is 0 Å². The molecule has 19 heavy (non-hydrogen) atoms. The highest BCUT2D eigenvalue weighted by atomic mass is 35.5. The molecule has 102 valence electrons. The molecule has 0 aliphatic carbocycles. The van der Waals surface area contributed by atoms with E-state index in [-0.39, 0.29) is 5.97 Å². The maximum Gasteiger partial charge on any atom is 0.317 e. The van der Waals surface area contributed by atoms with Gasteiger partial charge in [0, 0.05) is 5.38 Å². The molecule has 0 aromatic carbocycles. The number of thiophene rings is 1. The van der Waals surface area contributed by atoms with Crippen molar-refractivity contribution in [2.75, 3.05) is 6.61 Å². The number of esters is 1. The molecule has 0 aliphatic rings. The zero-order valence-electron chi connectivity index (χ0n) is 10.9. The number of hydrogen-bond donors (Lipinski definition) is 0. The Morgan fingerprint density at radius 3 is 2.79 bits per heavy atom. The van der Waals surface area contributed by atoms with E-state index in [2.05, 4.69) is 4.98 Å². The summed E-state index contributed by atoms with van der Waals surface area (Å²) in [5.74, 6) is -0.254. The molecular formula is C13H14ClNO2S2. The Bertz CT molecular complexity index is 589. The van der Waals surface area contributed by atoms with Crippen LogP contribution in [0.2, 0.25) is 4.34 Å². The molecule has 0 unspecified atom stereocenters. The second-order valence-electron chi connectivity index (χ2n) is 4.49. The van der Waals surface area contributed by atoms with Crippen LogP contribution in [-0.2, 0) is 14.9 Å². The molecule has 0 spiro atoms. The number of rotatable bonds is 4. The van der Waals surface area contributed by atoms with Crippen LogP contribution in [-0.4, -0.2) is 17.6 Å². The van der Waals surface area contributed by atoms with Crippen molar-refractivity contribution in [3.63, 3.8) is 0 Å². The van der Waals surface area contributed by atoms with Gasteiger partial charge in [-0.05, 0) is 32.9 Å². The summed E-state index contributed by atoms with van der Waals surface area (Å²) in [6, 6.07) is 3.78. The summed E-state index contributed by atoms with van der Waals surface area (Å²) in [6.45, 7) is 5.82. The van der Waals surface area contributed by atoms with Gasteiger partial charge in [-0.3, -0.25) is 4.79 Å². The minimum atomic E-state index is -0.730. The van der Waals surface area contributed by atoms with Gasteiger partial charge in [-0.25, -0.2) is 4.98 Å². The lowest BCUT2D eigenvalue weighted by Gasteiger charge is -2.19. The van der Waals surface area contributed by atoms with Crippen LogP contribution in [0.25, 0.3) is 9.88 Å². The summed E-state index contributed by atoms with van der Waals surface area (Å²) in [4.78, 5) is 17.5. The molecular weight excluding hydrogens is 302 g/mol. The molecule has 0 bridgehead atoms. The Morgan fingerprint density at radius 2 is 2.21 bits per heavy atom. The first kappa shape index (κ1) is 14.5. The molecule has 2 aromatic heterocycles. The van der Waals surface area contributed by atoms with E-state index in [1.807, 2.05) is 31.4 Å². The fourth-order valence-corrected chi connectivity index (χ4v) is 3.62. The fraction of sp³-hybridized carbons (Fsp3) is 0.385. The number of carbonyl (C=O) groups excluding carboxylic acids is 1. The maximum absolute atomic E-state index is 11.9. The molecule has 2 aromatic rings. The summed E-state index contributed by atoms with van der Waals surface area (Å²) in [5, 5.41) is 2.78. The van der Waals surface area contributed by atoms with Crippen LogP contribution in [0.1, 0.15) is 26.5 Å². The van der Waals surface area contributed by atoms with Gasteiger partial charge in [0.1, 0.15) is 10.4 Å². The van der Waals surface area contributed by atoms with Crippen molar-refractivity contribution in [2.45, 2.75) is 26.2 Å². The average Bonchev–Trinajstić information content (AvgIpc) is 2.97. The topological polar surface area (TPSA) is 39.2 Å². The Labute approximate surface area is 125 Å². The van der Waals surface area contributed by atoms with Gasteiger partial charge in [0.15, 0.2) is 0 Å². The number of hydrogen-bond acceptors (Lipinski definition) is 5.